The molecule has 0 aliphatic heterocycles. The molecule has 1 saturated carbocycles. The zero-order chi connectivity index (χ0) is 12.5. The summed E-state index contributed by atoms with van der Waals surface area (Å²) in [6.45, 7) is 0. The molecule has 0 amide bonds. The van der Waals surface area contributed by atoms with Crippen molar-refractivity contribution in [3.8, 4) is 0 Å². The minimum absolute atomic E-state index is 0.0548. The lowest BCUT2D eigenvalue weighted by Crippen LogP contribution is -2.25. The molecule has 1 N–H and O–H groups in total. The van der Waals surface area contributed by atoms with E-state index >= 15 is 0 Å². The van der Waals surface area contributed by atoms with Crippen LogP contribution in [0.5, 0.6) is 0 Å². The van der Waals surface area contributed by atoms with E-state index in [0.29, 0.717) is 12.3 Å². The van der Waals surface area contributed by atoms with Crippen LogP contribution in [0.2, 0.25) is 0 Å². The van der Waals surface area contributed by atoms with Crippen molar-refractivity contribution < 1.29 is 9.90 Å². The van der Waals surface area contributed by atoms with Crippen molar-refractivity contribution in [1.82, 2.24) is 0 Å². The third-order valence-corrected chi connectivity index (χ3v) is 4.34. The van der Waals surface area contributed by atoms with Gasteiger partial charge in [0.15, 0.2) is 5.78 Å². The van der Waals surface area contributed by atoms with Crippen molar-refractivity contribution in [1.29, 1.82) is 0 Å². The second-order valence-corrected chi connectivity index (χ2v) is 5.74. The maximum atomic E-state index is 12.1. The molecule has 0 bridgehead atoms. The van der Waals surface area contributed by atoms with Crippen molar-refractivity contribution in [3.63, 3.8) is 0 Å². The zero-order valence-corrected chi connectivity index (χ0v) is 10.6. The van der Waals surface area contributed by atoms with Gasteiger partial charge in [-0.15, -0.1) is 0 Å². The Kier molecular flexibility index (Phi) is 3.21. The van der Waals surface area contributed by atoms with Crippen LogP contribution in [0.25, 0.3) is 0 Å². The summed E-state index contributed by atoms with van der Waals surface area (Å²) in [5, 5.41) is 9.89. The molecule has 2 nitrogen and oxygen atoms in total. The van der Waals surface area contributed by atoms with Gasteiger partial charge in [-0.1, -0.05) is 24.3 Å². The van der Waals surface area contributed by atoms with E-state index in [0.717, 1.165) is 32.1 Å². The van der Waals surface area contributed by atoms with Gasteiger partial charge in [-0.2, -0.15) is 0 Å². The number of benzene rings is 1. The van der Waals surface area contributed by atoms with Crippen LogP contribution < -0.4 is 0 Å². The van der Waals surface area contributed by atoms with Crippen molar-refractivity contribution in [2.45, 2.75) is 50.5 Å². The highest BCUT2D eigenvalue weighted by Gasteiger charge is 2.35. The molecule has 0 radical (unpaired) electrons. The molecule has 3 rings (SSSR count). The summed E-state index contributed by atoms with van der Waals surface area (Å²) in [5.74, 6) is 0.645. The average molecular weight is 244 g/mol. The van der Waals surface area contributed by atoms with Crippen molar-refractivity contribution in [2.75, 3.05) is 0 Å². The molecule has 1 aromatic carbocycles. The Morgan fingerprint density at radius 2 is 2.06 bits per heavy atom. The smallest absolute Gasteiger partial charge is 0.162 e. The fourth-order valence-electron chi connectivity index (χ4n) is 3.11. The standard InChI is InChI=1S/C16H20O2/c17-15(16(18)12-8-9-12)10-13-6-3-5-11-4-1-2-7-14(11)13/h1-2,4,7,12-13,16,18H,3,5-6,8-10H2. The van der Waals surface area contributed by atoms with Crippen molar-refractivity contribution >= 4 is 5.78 Å². The molecule has 2 aliphatic carbocycles. The van der Waals surface area contributed by atoms with Crippen LogP contribution >= 0.6 is 0 Å². The molecule has 0 spiro atoms. The third kappa shape index (κ3) is 2.35. The molecular weight excluding hydrogens is 224 g/mol. The van der Waals surface area contributed by atoms with Gasteiger partial charge in [0.05, 0.1) is 0 Å². The van der Waals surface area contributed by atoms with Gasteiger partial charge < -0.3 is 5.11 Å². The number of rotatable bonds is 4. The first-order chi connectivity index (χ1) is 8.75. The Bertz CT molecular complexity index is 448. The van der Waals surface area contributed by atoms with Crippen LogP contribution in [0.3, 0.4) is 0 Å². The monoisotopic (exact) mass is 244 g/mol. The van der Waals surface area contributed by atoms with E-state index < -0.39 is 6.10 Å². The Labute approximate surface area is 108 Å². The fourth-order valence-corrected chi connectivity index (χ4v) is 3.11. The highest BCUT2D eigenvalue weighted by Crippen LogP contribution is 2.37. The van der Waals surface area contributed by atoms with Gasteiger partial charge in [0.2, 0.25) is 0 Å². The van der Waals surface area contributed by atoms with Gasteiger partial charge in [-0.3, -0.25) is 4.79 Å². The molecular formula is C16H20O2. The van der Waals surface area contributed by atoms with Gasteiger partial charge >= 0.3 is 0 Å². The van der Waals surface area contributed by atoms with Crippen molar-refractivity contribution in [2.24, 2.45) is 5.92 Å². The third-order valence-electron chi connectivity index (χ3n) is 4.34. The summed E-state index contributed by atoms with van der Waals surface area (Å²) in [4.78, 5) is 12.1. The molecule has 1 aromatic rings. The quantitative estimate of drug-likeness (QED) is 0.884. The molecule has 18 heavy (non-hydrogen) atoms. The van der Waals surface area contributed by atoms with E-state index in [9.17, 15) is 9.90 Å². The predicted octanol–water partition coefficient (Wildman–Crippen LogP) is 2.84. The maximum Gasteiger partial charge on any atom is 0.162 e. The van der Waals surface area contributed by atoms with Gasteiger partial charge in [0.1, 0.15) is 6.10 Å². The zero-order valence-electron chi connectivity index (χ0n) is 10.6. The SMILES string of the molecule is O=C(CC1CCCc2ccccc21)C(O)C1CC1. The highest BCUT2D eigenvalue weighted by molar-refractivity contribution is 5.84. The summed E-state index contributed by atoms with van der Waals surface area (Å²) in [6, 6.07) is 8.44. The first-order valence-corrected chi connectivity index (χ1v) is 7.04. The van der Waals surface area contributed by atoms with E-state index in [4.69, 9.17) is 0 Å². The van der Waals surface area contributed by atoms with E-state index in [2.05, 4.69) is 24.3 Å². The van der Waals surface area contributed by atoms with Crippen molar-refractivity contribution in [3.05, 3.63) is 35.4 Å². The number of carbonyl (C=O) groups excluding carboxylic acids is 1. The molecule has 2 unspecified atom stereocenters. The molecule has 2 atom stereocenters. The topological polar surface area (TPSA) is 37.3 Å². The number of ketones is 1. The number of hydrogen-bond acceptors (Lipinski definition) is 2. The number of fused-ring (bicyclic) bond motifs is 1. The van der Waals surface area contributed by atoms with Crippen LogP contribution in [-0.4, -0.2) is 17.0 Å². The lowest BCUT2D eigenvalue weighted by molar-refractivity contribution is -0.128. The summed E-state index contributed by atoms with van der Waals surface area (Å²) in [7, 11) is 0. The summed E-state index contributed by atoms with van der Waals surface area (Å²) in [6.07, 6.45) is 5.25. The molecule has 96 valence electrons. The Morgan fingerprint density at radius 1 is 1.28 bits per heavy atom. The molecule has 0 saturated heterocycles. The van der Waals surface area contributed by atoms with E-state index in [-0.39, 0.29) is 11.7 Å². The van der Waals surface area contributed by atoms with Gasteiger partial charge in [0, 0.05) is 6.42 Å². The largest absolute Gasteiger partial charge is 0.385 e. The second-order valence-electron chi connectivity index (χ2n) is 5.74. The average Bonchev–Trinajstić information content (AvgIpc) is 3.22. The summed E-state index contributed by atoms with van der Waals surface area (Å²) in [5.41, 5.74) is 2.72. The Balaban J connectivity index is 1.72. The van der Waals surface area contributed by atoms with Gasteiger partial charge in [0.25, 0.3) is 0 Å². The second kappa shape index (κ2) is 4.85. The first kappa shape index (κ1) is 11.9. The highest BCUT2D eigenvalue weighted by atomic mass is 16.3. The van der Waals surface area contributed by atoms with Gasteiger partial charge in [-0.05, 0) is 55.1 Å². The van der Waals surface area contributed by atoms with Crippen LogP contribution in [0, 0.1) is 5.92 Å². The molecule has 0 heterocycles. The first-order valence-electron chi connectivity index (χ1n) is 7.04. The summed E-state index contributed by atoms with van der Waals surface area (Å²) >= 11 is 0. The van der Waals surface area contributed by atoms with E-state index in [1.54, 1.807) is 0 Å². The molecule has 2 aliphatic rings. The number of carbonyl (C=O) groups is 1. The number of aryl methyl sites for hydroxylation is 1. The van der Waals surface area contributed by atoms with Crippen LogP contribution in [0.15, 0.2) is 24.3 Å². The molecule has 1 fully saturated rings. The Hall–Kier alpha value is -1.15. The molecule has 0 aromatic heterocycles. The number of aliphatic hydroxyl groups excluding tert-OH is 1. The lowest BCUT2D eigenvalue weighted by atomic mass is 9.79. The minimum Gasteiger partial charge on any atom is -0.385 e. The number of Topliss-reactive ketones (excluding diaryl/α,β-unsaturated/α-hetero) is 1. The summed E-state index contributed by atoms with van der Waals surface area (Å²) < 4.78 is 0. The normalized spacial score (nSPS) is 24.4. The predicted molar refractivity (Wildman–Crippen MR) is 70.5 cm³/mol. The van der Waals surface area contributed by atoms with E-state index in [1.807, 2.05) is 0 Å². The van der Waals surface area contributed by atoms with Crippen LogP contribution in [-0.2, 0) is 11.2 Å². The molecule has 2 heteroatoms. The van der Waals surface area contributed by atoms with Gasteiger partial charge in [-0.25, -0.2) is 0 Å². The van der Waals surface area contributed by atoms with E-state index in [1.165, 1.54) is 11.1 Å². The minimum atomic E-state index is -0.695. The fraction of sp³-hybridized carbons (Fsp3) is 0.562. The Morgan fingerprint density at radius 3 is 2.83 bits per heavy atom. The van der Waals surface area contributed by atoms with Crippen LogP contribution in [0.4, 0.5) is 0 Å². The lowest BCUT2D eigenvalue weighted by Gasteiger charge is -2.25. The van der Waals surface area contributed by atoms with Crippen LogP contribution in [0.1, 0.15) is 49.1 Å². The number of aliphatic hydroxyl groups is 1. The number of hydrogen-bond donors (Lipinski definition) is 1. The maximum absolute atomic E-state index is 12.1.